The van der Waals surface area contributed by atoms with Crippen molar-refractivity contribution in [2.45, 2.75) is 12.0 Å². The van der Waals surface area contributed by atoms with Crippen LogP contribution in [0.3, 0.4) is 0 Å². The number of aliphatic hydroxyl groups excluding tert-OH is 1. The number of benzene rings is 2. The first-order valence-electron chi connectivity index (χ1n) is 5.51. The molecule has 0 heterocycles. The number of carbonyl (C=O) groups is 1. The molecule has 1 atom stereocenters. The van der Waals surface area contributed by atoms with Gasteiger partial charge in [0.2, 0.25) is 0 Å². The summed E-state index contributed by atoms with van der Waals surface area (Å²) in [5, 5.41) is 11.4. The molecule has 0 aliphatic rings. The van der Waals surface area contributed by atoms with E-state index < -0.39 is 5.54 Å². The first-order valence-corrected chi connectivity index (χ1v) is 5.51. The second-order valence-electron chi connectivity index (χ2n) is 4.37. The van der Waals surface area contributed by atoms with Gasteiger partial charge >= 0.3 is 0 Å². The van der Waals surface area contributed by atoms with Gasteiger partial charge in [0, 0.05) is 0 Å². The number of nitrogens with two attached hydrogens (primary N) is 1. The summed E-state index contributed by atoms with van der Waals surface area (Å²) < 4.78 is 0. The Hall–Kier alpha value is -1.71. The molecule has 0 aromatic heterocycles. The van der Waals surface area contributed by atoms with Crippen LogP contribution >= 0.6 is 0 Å². The van der Waals surface area contributed by atoms with E-state index in [1.807, 2.05) is 42.5 Å². The van der Waals surface area contributed by atoms with E-state index >= 15 is 0 Å². The van der Waals surface area contributed by atoms with Crippen molar-refractivity contribution < 1.29 is 9.90 Å². The number of hydrogen-bond donors (Lipinski definition) is 2. The molecule has 0 spiro atoms. The Balaban J connectivity index is 2.34. The Labute approximate surface area is 99.9 Å². The normalized spacial score (nSPS) is 14.5. The molecule has 2 aromatic carbocycles. The molecule has 0 saturated carbocycles. The van der Waals surface area contributed by atoms with E-state index in [4.69, 9.17) is 10.8 Å². The van der Waals surface area contributed by atoms with Crippen molar-refractivity contribution in [2.75, 3.05) is 6.61 Å². The van der Waals surface area contributed by atoms with Crippen molar-refractivity contribution in [1.29, 1.82) is 0 Å². The van der Waals surface area contributed by atoms with Crippen molar-refractivity contribution in [3.63, 3.8) is 0 Å². The lowest BCUT2D eigenvalue weighted by molar-refractivity contribution is -0.113. The zero-order valence-electron chi connectivity index (χ0n) is 9.47. The average molecular weight is 229 g/mol. The smallest absolute Gasteiger partial charge is 0.142 e. The van der Waals surface area contributed by atoms with E-state index in [0.717, 1.165) is 16.3 Å². The maximum absolute atomic E-state index is 10.8. The van der Waals surface area contributed by atoms with Crippen LogP contribution in [0.2, 0.25) is 0 Å². The Morgan fingerprint density at radius 3 is 2.53 bits per heavy atom. The van der Waals surface area contributed by atoms with Crippen LogP contribution in [-0.2, 0) is 11.2 Å². The van der Waals surface area contributed by atoms with Crippen molar-refractivity contribution in [1.82, 2.24) is 0 Å². The highest BCUT2D eigenvalue weighted by Crippen LogP contribution is 2.18. The molecule has 0 bridgehead atoms. The predicted octanol–water partition coefficient (Wildman–Crippen LogP) is 1.27. The van der Waals surface area contributed by atoms with Gasteiger partial charge < -0.3 is 15.6 Å². The van der Waals surface area contributed by atoms with Gasteiger partial charge in [-0.1, -0.05) is 42.5 Å². The third-order valence-electron chi connectivity index (χ3n) is 2.88. The maximum Gasteiger partial charge on any atom is 0.142 e. The summed E-state index contributed by atoms with van der Waals surface area (Å²) in [7, 11) is 0. The van der Waals surface area contributed by atoms with Crippen LogP contribution in [0.15, 0.2) is 42.5 Å². The SMILES string of the molecule is N[C@](C=O)(CO)Cc1ccc2ccccc2c1. The molecule has 0 aliphatic carbocycles. The number of hydrogen-bond acceptors (Lipinski definition) is 3. The molecule has 88 valence electrons. The maximum atomic E-state index is 10.8. The lowest BCUT2D eigenvalue weighted by Crippen LogP contribution is -2.47. The van der Waals surface area contributed by atoms with Gasteiger partial charge in [-0.15, -0.1) is 0 Å². The highest BCUT2D eigenvalue weighted by molar-refractivity contribution is 5.83. The lowest BCUT2D eigenvalue weighted by atomic mass is 9.93. The van der Waals surface area contributed by atoms with Gasteiger partial charge in [-0.25, -0.2) is 0 Å². The molecule has 3 heteroatoms. The van der Waals surface area contributed by atoms with Crippen LogP contribution in [0, 0.1) is 0 Å². The van der Waals surface area contributed by atoms with Gasteiger partial charge in [0.25, 0.3) is 0 Å². The summed E-state index contributed by atoms with van der Waals surface area (Å²) in [5.41, 5.74) is 5.53. The molecule has 0 radical (unpaired) electrons. The number of aldehydes is 1. The second kappa shape index (κ2) is 4.65. The lowest BCUT2D eigenvalue weighted by Gasteiger charge is -2.20. The topological polar surface area (TPSA) is 63.3 Å². The van der Waals surface area contributed by atoms with E-state index in [1.54, 1.807) is 0 Å². The summed E-state index contributed by atoms with van der Waals surface area (Å²) in [6.45, 7) is -0.344. The largest absolute Gasteiger partial charge is 0.394 e. The summed E-state index contributed by atoms with van der Waals surface area (Å²) >= 11 is 0. The summed E-state index contributed by atoms with van der Waals surface area (Å²) in [6, 6.07) is 13.9. The number of rotatable bonds is 4. The zero-order valence-corrected chi connectivity index (χ0v) is 9.47. The number of aliphatic hydroxyl groups is 1. The first-order chi connectivity index (χ1) is 8.17. The van der Waals surface area contributed by atoms with E-state index in [-0.39, 0.29) is 6.61 Å². The minimum atomic E-state index is -1.18. The second-order valence-corrected chi connectivity index (χ2v) is 4.37. The Morgan fingerprint density at radius 2 is 1.88 bits per heavy atom. The molecule has 2 aromatic rings. The number of fused-ring (bicyclic) bond motifs is 1. The molecular formula is C14H15NO2. The molecule has 0 unspecified atom stereocenters. The predicted molar refractivity (Wildman–Crippen MR) is 67.7 cm³/mol. The minimum Gasteiger partial charge on any atom is -0.394 e. The Kier molecular flexibility index (Phi) is 3.22. The van der Waals surface area contributed by atoms with Crippen LogP contribution in [0.1, 0.15) is 5.56 Å². The first kappa shape index (κ1) is 11.8. The molecule has 2 rings (SSSR count). The zero-order chi connectivity index (χ0) is 12.3. The van der Waals surface area contributed by atoms with Crippen LogP contribution in [-0.4, -0.2) is 23.5 Å². The van der Waals surface area contributed by atoms with E-state index in [2.05, 4.69) is 0 Å². The van der Waals surface area contributed by atoms with Gasteiger partial charge in [0.15, 0.2) is 0 Å². The molecule has 0 amide bonds. The number of carbonyl (C=O) groups excluding carboxylic acids is 1. The van der Waals surface area contributed by atoms with Crippen LogP contribution in [0.5, 0.6) is 0 Å². The minimum absolute atomic E-state index is 0.344. The van der Waals surface area contributed by atoms with E-state index in [9.17, 15) is 4.79 Å². The fourth-order valence-corrected chi connectivity index (χ4v) is 1.86. The average Bonchev–Trinajstić information content (AvgIpc) is 2.38. The summed E-state index contributed by atoms with van der Waals surface area (Å²) in [6.07, 6.45) is 0.958. The molecule has 17 heavy (non-hydrogen) atoms. The molecule has 0 aliphatic heterocycles. The van der Waals surface area contributed by atoms with Gasteiger partial charge in [0.1, 0.15) is 6.29 Å². The van der Waals surface area contributed by atoms with Crippen molar-refractivity contribution in [3.8, 4) is 0 Å². The van der Waals surface area contributed by atoms with Crippen LogP contribution in [0.25, 0.3) is 10.8 Å². The Morgan fingerprint density at radius 1 is 1.18 bits per heavy atom. The van der Waals surface area contributed by atoms with Crippen molar-refractivity contribution in [2.24, 2.45) is 5.73 Å². The molecule has 0 fully saturated rings. The quantitative estimate of drug-likeness (QED) is 0.776. The van der Waals surface area contributed by atoms with Gasteiger partial charge in [-0.2, -0.15) is 0 Å². The molecule has 0 saturated heterocycles. The fraction of sp³-hybridized carbons (Fsp3) is 0.214. The van der Waals surface area contributed by atoms with Crippen LogP contribution in [0.4, 0.5) is 0 Å². The fourth-order valence-electron chi connectivity index (χ4n) is 1.86. The molecule has 3 N–H and O–H groups in total. The highest BCUT2D eigenvalue weighted by Gasteiger charge is 2.23. The van der Waals surface area contributed by atoms with Gasteiger partial charge in [-0.05, 0) is 22.8 Å². The van der Waals surface area contributed by atoms with Gasteiger partial charge in [-0.3, -0.25) is 0 Å². The van der Waals surface area contributed by atoms with Crippen molar-refractivity contribution in [3.05, 3.63) is 48.0 Å². The molecule has 3 nitrogen and oxygen atoms in total. The highest BCUT2D eigenvalue weighted by atomic mass is 16.3. The standard InChI is InChI=1S/C14H15NO2/c15-14(9-16,10-17)8-11-5-6-12-3-1-2-4-13(12)7-11/h1-7,9,17H,8,10,15H2/t14-/m1/s1. The third-order valence-corrected chi connectivity index (χ3v) is 2.88. The van der Waals surface area contributed by atoms with Crippen LogP contribution < -0.4 is 5.73 Å². The molecular weight excluding hydrogens is 214 g/mol. The summed E-state index contributed by atoms with van der Waals surface area (Å²) in [5.74, 6) is 0. The monoisotopic (exact) mass is 229 g/mol. The Bertz CT molecular complexity index is 538. The van der Waals surface area contributed by atoms with E-state index in [0.29, 0.717) is 12.7 Å². The summed E-state index contributed by atoms with van der Waals surface area (Å²) in [4.78, 5) is 10.8. The third kappa shape index (κ3) is 2.52. The van der Waals surface area contributed by atoms with E-state index in [1.165, 1.54) is 0 Å². The van der Waals surface area contributed by atoms with Gasteiger partial charge in [0.05, 0.1) is 12.1 Å². The van der Waals surface area contributed by atoms with Crippen molar-refractivity contribution >= 4 is 17.1 Å².